The van der Waals surface area contributed by atoms with Crippen LogP contribution in [0.2, 0.25) is 0 Å². The Morgan fingerprint density at radius 3 is 2.62 bits per heavy atom. The average molecular weight is 168 g/mol. The van der Waals surface area contributed by atoms with Gasteiger partial charge in [-0.25, -0.2) is 0 Å². The molecule has 0 bridgehead atoms. The minimum Gasteiger partial charge on any atom is -0.399 e. The second-order valence-corrected chi connectivity index (χ2v) is 2.90. The zero-order chi connectivity index (χ0) is 9.10. The topological polar surface area (TPSA) is 26.0 Å². The molecule has 0 unspecified atom stereocenters. The van der Waals surface area contributed by atoms with Gasteiger partial charge < -0.3 is 5.73 Å². The van der Waals surface area contributed by atoms with Gasteiger partial charge in [0.05, 0.1) is 0 Å². The smallest absolute Gasteiger partial charge is 0.0320 e. The zero-order valence-electron chi connectivity index (χ0n) is 7.20. The molecule has 0 fully saturated rings. The molecule has 0 heterocycles. The first-order valence-corrected chi connectivity index (χ1v) is 4.19. The van der Waals surface area contributed by atoms with Crippen LogP contribution in [-0.2, 0) is 0 Å². The van der Waals surface area contributed by atoms with Gasteiger partial charge >= 0.3 is 0 Å². The van der Waals surface area contributed by atoms with Crippen LogP contribution in [0.1, 0.15) is 0 Å². The molecule has 0 aliphatic carbocycles. The predicted molar refractivity (Wildman–Crippen MR) is 55.1 cm³/mol. The van der Waals surface area contributed by atoms with Crippen LogP contribution in [0.5, 0.6) is 0 Å². The van der Waals surface area contributed by atoms with Crippen molar-refractivity contribution in [3.63, 3.8) is 0 Å². The van der Waals surface area contributed by atoms with E-state index in [1.165, 1.54) is 0 Å². The van der Waals surface area contributed by atoms with E-state index in [0.29, 0.717) is 0 Å². The fourth-order valence-corrected chi connectivity index (χ4v) is 1.28. The van der Waals surface area contributed by atoms with Gasteiger partial charge in [0.25, 0.3) is 0 Å². The normalized spacial score (nSPS) is 9.85. The van der Waals surface area contributed by atoms with E-state index in [1.54, 1.807) is 0 Å². The van der Waals surface area contributed by atoms with Crippen molar-refractivity contribution in [1.29, 1.82) is 0 Å². The van der Waals surface area contributed by atoms with E-state index in [1.807, 2.05) is 48.5 Å². The fraction of sp³-hybridized carbons (Fsp3) is 0. The summed E-state index contributed by atoms with van der Waals surface area (Å²) in [5, 5.41) is 0. The molecule has 0 spiro atoms. The Morgan fingerprint density at radius 1 is 1.00 bits per heavy atom. The molecule has 1 heteroatoms. The molecule has 63 valence electrons. The molecule has 2 N–H and O–H groups in total. The van der Waals surface area contributed by atoms with Gasteiger partial charge in [0.1, 0.15) is 0 Å². The van der Waals surface area contributed by atoms with E-state index in [4.69, 9.17) is 5.73 Å². The minimum absolute atomic E-state index is 0.787. The third-order valence-electron chi connectivity index (χ3n) is 1.91. The highest BCUT2D eigenvalue weighted by atomic mass is 14.5. The maximum absolute atomic E-state index is 5.68. The predicted octanol–water partition coefficient (Wildman–Crippen LogP) is 2.74. The Kier molecular flexibility index (Phi) is 2.01. The van der Waals surface area contributed by atoms with E-state index in [2.05, 4.69) is 6.07 Å². The highest BCUT2D eigenvalue weighted by Crippen LogP contribution is 2.19. The lowest BCUT2D eigenvalue weighted by Crippen LogP contribution is -1.84. The van der Waals surface area contributed by atoms with Crippen LogP contribution in [0, 0.1) is 6.07 Å². The van der Waals surface area contributed by atoms with E-state index >= 15 is 0 Å². The molecule has 0 saturated heterocycles. The molecule has 2 rings (SSSR count). The molecule has 0 aliphatic heterocycles. The maximum atomic E-state index is 5.68. The lowest BCUT2D eigenvalue weighted by Gasteiger charge is -2.00. The molecule has 2 aromatic rings. The Labute approximate surface area is 77.8 Å². The molecular formula is C12H10N. The van der Waals surface area contributed by atoms with Crippen LogP contribution in [-0.4, -0.2) is 0 Å². The Bertz CT molecular complexity index is 393. The highest BCUT2D eigenvalue weighted by Gasteiger charge is 1.95. The summed E-state index contributed by atoms with van der Waals surface area (Å²) in [7, 11) is 0. The lowest BCUT2D eigenvalue weighted by molar-refractivity contribution is 1.60. The van der Waals surface area contributed by atoms with Gasteiger partial charge in [-0.05, 0) is 29.3 Å². The van der Waals surface area contributed by atoms with Crippen LogP contribution in [0.3, 0.4) is 0 Å². The maximum Gasteiger partial charge on any atom is 0.0320 e. The fourth-order valence-electron chi connectivity index (χ4n) is 1.28. The van der Waals surface area contributed by atoms with Crippen molar-refractivity contribution in [2.24, 2.45) is 0 Å². The van der Waals surface area contributed by atoms with Crippen LogP contribution in [0.15, 0.2) is 48.5 Å². The summed E-state index contributed by atoms with van der Waals surface area (Å²) < 4.78 is 0. The monoisotopic (exact) mass is 168 g/mol. The third kappa shape index (κ3) is 1.70. The first kappa shape index (κ1) is 7.87. The van der Waals surface area contributed by atoms with Crippen molar-refractivity contribution < 1.29 is 0 Å². The summed E-state index contributed by atoms with van der Waals surface area (Å²) >= 11 is 0. The Morgan fingerprint density at radius 2 is 1.92 bits per heavy atom. The third-order valence-corrected chi connectivity index (χ3v) is 1.91. The average Bonchev–Trinajstić information content (AvgIpc) is 2.19. The van der Waals surface area contributed by atoms with Gasteiger partial charge in [0.2, 0.25) is 0 Å². The summed E-state index contributed by atoms with van der Waals surface area (Å²) in [6.45, 7) is 0. The van der Waals surface area contributed by atoms with Crippen LogP contribution < -0.4 is 5.73 Å². The first-order valence-electron chi connectivity index (χ1n) is 4.19. The number of hydrogen-bond acceptors (Lipinski definition) is 1. The van der Waals surface area contributed by atoms with Gasteiger partial charge in [0.15, 0.2) is 0 Å². The van der Waals surface area contributed by atoms with E-state index in [0.717, 1.165) is 16.8 Å². The molecule has 1 nitrogen and oxygen atoms in total. The number of nitrogen functional groups attached to an aromatic ring is 1. The van der Waals surface area contributed by atoms with E-state index in [-0.39, 0.29) is 0 Å². The quantitative estimate of drug-likeness (QED) is 0.651. The summed E-state index contributed by atoms with van der Waals surface area (Å²) in [6, 6.07) is 18.8. The highest BCUT2D eigenvalue weighted by molar-refractivity contribution is 5.66. The molecule has 0 amide bonds. The summed E-state index contributed by atoms with van der Waals surface area (Å²) in [5.74, 6) is 0. The van der Waals surface area contributed by atoms with Gasteiger partial charge in [-0.15, -0.1) is 0 Å². The first-order chi connectivity index (χ1) is 6.36. The van der Waals surface area contributed by atoms with Crippen molar-refractivity contribution in [1.82, 2.24) is 0 Å². The van der Waals surface area contributed by atoms with Gasteiger partial charge in [-0.2, -0.15) is 0 Å². The van der Waals surface area contributed by atoms with Gasteiger partial charge in [-0.3, -0.25) is 0 Å². The van der Waals surface area contributed by atoms with Gasteiger partial charge in [-0.1, -0.05) is 36.4 Å². The largest absolute Gasteiger partial charge is 0.399 e. The van der Waals surface area contributed by atoms with Gasteiger partial charge in [0, 0.05) is 5.69 Å². The molecular weight excluding hydrogens is 158 g/mol. The molecule has 0 atom stereocenters. The number of rotatable bonds is 1. The minimum atomic E-state index is 0.787. The Hall–Kier alpha value is -1.76. The molecule has 0 saturated carbocycles. The Balaban J connectivity index is 2.48. The van der Waals surface area contributed by atoms with E-state index < -0.39 is 0 Å². The summed E-state index contributed by atoms with van der Waals surface area (Å²) in [4.78, 5) is 0. The number of benzene rings is 2. The summed E-state index contributed by atoms with van der Waals surface area (Å²) in [5.41, 5.74) is 8.66. The van der Waals surface area contributed by atoms with Crippen LogP contribution in [0.25, 0.3) is 11.1 Å². The molecule has 1 radical (unpaired) electrons. The SMILES string of the molecule is Nc1cccc(-c2[c]cccc2)c1. The molecule has 0 aromatic heterocycles. The van der Waals surface area contributed by atoms with Crippen molar-refractivity contribution in [2.75, 3.05) is 5.73 Å². The van der Waals surface area contributed by atoms with Crippen LogP contribution in [0.4, 0.5) is 5.69 Å². The van der Waals surface area contributed by atoms with Crippen molar-refractivity contribution in [3.05, 3.63) is 54.6 Å². The standard InChI is InChI=1S/C12H10N/c13-12-8-4-7-11(9-12)10-5-2-1-3-6-10/h1-5,7-9H,13H2. The van der Waals surface area contributed by atoms with Crippen molar-refractivity contribution in [2.45, 2.75) is 0 Å². The molecule has 2 aromatic carbocycles. The molecule has 0 aliphatic rings. The van der Waals surface area contributed by atoms with Crippen molar-refractivity contribution >= 4 is 5.69 Å². The number of hydrogen-bond donors (Lipinski definition) is 1. The van der Waals surface area contributed by atoms with Crippen LogP contribution >= 0.6 is 0 Å². The van der Waals surface area contributed by atoms with E-state index in [9.17, 15) is 0 Å². The number of anilines is 1. The second-order valence-electron chi connectivity index (χ2n) is 2.90. The lowest BCUT2D eigenvalue weighted by atomic mass is 10.1. The number of nitrogens with two attached hydrogens (primary N) is 1. The second kappa shape index (κ2) is 3.31. The van der Waals surface area contributed by atoms with Crippen molar-refractivity contribution in [3.8, 4) is 11.1 Å². The summed E-state index contributed by atoms with van der Waals surface area (Å²) in [6.07, 6.45) is 0. The molecule has 13 heavy (non-hydrogen) atoms. The zero-order valence-corrected chi connectivity index (χ0v) is 7.20.